The summed E-state index contributed by atoms with van der Waals surface area (Å²) in [5.41, 5.74) is 5.76. The van der Waals surface area contributed by atoms with E-state index in [1.165, 1.54) is 11.5 Å². The highest BCUT2D eigenvalue weighted by atomic mass is 32.1. The molecule has 0 spiro atoms. The molecule has 2 rings (SSSR count). The average molecular weight is 242 g/mol. The summed E-state index contributed by atoms with van der Waals surface area (Å²) >= 11 is 1.43. The maximum atomic E-state index is 5.76. The molecule has 0 atom stereocenters. The Morgan fingerprint density at radius 2 is 2.12 bits per heavy atom. The Hall–Kier alpha value is -1.01. The van der Waals surface area contributed by atoms with Gasteiger partial charge in [0.2, 0.25) is 0 Å². The summed E-state index contributed by atoms with van der Waals surface area (Å²) < 4.78 is 9.46. The van der Waals surface area contributed by atoms with Crippen LogP contribution in [-0.4, -0.2) is 49.6 Å². The number of hydrogen-bond acceptors (Lipinski definition) is 6. The van der Waals surface area contributed by atoms with Gasteiger partial charge in [0, 0.05) is 19.6 Å². The van der Waals surface area contributed by atoms with E-state index in [1.807, 2.05) is 0 Å². The lowest BCUT2D eigenvalue weighted by atomic mass is 10.4. The molecule has 16 heavy (non-hydrogen) atoms. The van der Waals surface area contributed by atoms with Crippen LogP contribution in [0, 0.1) is 0 Å². The normalized spacial score (nSPS) is 18.5. The van der Waals surface area contributed by atoms with E-state index in [-0.39, 0.29) is 0 Å². The number of anilines is 2. The van der Waals surface area contributed by atoms with E-state index >= 15 is 0 Å². The minimum Gasteiger partial charge on any atom is -0.490 e. The molecular formula is C10H18N4OS. The van der Waals surface area contributed by atoms with Gasteiger partial charge >= 0.3 is 0 Å². The summed E-state index contributed by atoms with van der Waals surface area (Å²) in [6, 6.07) is 0. The largest absolute Gasteiger partial charge is 0.490 e. The second kappa shape index (κ2) is 4.88. The monoisotopic (exact) mass is 242 g/mol. The van der Waals surface area contributed by atoms with Crippen LogP contribution in [0.4, 0.5) is 10.8 Å². The third-order valence-corrected chi connectivity index (χ3v) is 3.77. The molecule has 1 aliphatic rings. The molecule has 0 aromatic carbocycles. The van der Waals surface area contributed by atoms with Gasteiger partial charge in [0.15, 0.2) is 16.6 Å². The van der Waals surface area contributed by atoms with Crippen LogP contribution in [-0.2, 0) is 0 Å². The number of ether oxygens (including phenoxy) is 1. The van der Waals surface area contributed by atoms with E-state index in [0.29, 0.717) is 5.82 Å². The van der Waals surface area contributed by atoms with Crippen LogP contribution in [0.3, 0.4) is 0 Å². The summed E-state index contributed by atoms with van der Waals surface area (Å²) in [5, 5.41) is 1.07. The molecule has 0 saturated carbocycles. The van der Waals surface area contributed by atoms with Gasteiger partial charge in [-0.2, -0.15) is 4.37 Å². The predicted octanol–water partition coefficient (Wildman–Crippen LogP) is 0.876. The van der Waals surface area contributed by atoms with E-state index in [1.54, 1.807) is 7.11 Å². The van der Waals surface area contributed by atoms with Crippen molar-refractivity contribution in [3.63, 3.8) is 0 Å². The number of nitrogen functional groups attached to an aromatic ring is 1. The van der Waals surface area contributed by atoms with Gasteiger partial charge in [0.1, 0.15) is 0 Å². The van der Waals surface area contributed by atoms with Gasteiger partial charge in [0.05, 0.1) is 7.11 Å². The van der Waals surface area contributed by atoms with Crippen molar-refractivity contribution in [3.8, 4) is 5.75 Å². The Bertz CT molecular complexity index is 355. The average Bonchev–Trinajstić information content (AvgIpc) is 2.50. The molecule has 2 N–H and O–H groups in total. The standard InChI is InChI=1S/C10H18N4OS/c1-13-4-3-5-14(7-6-13)10-8(15-2)9(11)12-16-10/h3-7H2,1-2H3,(H2,11,12). The maximum absolute atomic E-state index is 5.76. The van der Waals surface area contributed by atoms with Crippen LogP contribution in [0.1, 0.15) is 6.42 Å². The minimum atomic E-state index is 0.500. The van der Waals surface area contributed by atoms with Gasteiger partial charge in [-0.05, 0) is 31.5 Å². The minimum absolute atomic E-state index is 0.500. The smallest absolute Gasteiger partial charge is 0.197 e. The number of methoxy groups -OCH3 is 1. The number of hydrogen-bond donors (Lipinski definition) is 1. The first-order valence-electron chi connectivity index (χ1n) is 5.45. The summed E-state index contributed by atoms with van der Waals surface area (Å²) in [4.78, 5) is 4.66. The first-order valence-corrected chi connectivity index (χ1v) is 6.22. The fraction of sp³-hybridized carbons (Fsp3) is 0.700. The molecule has 0 unspecified atom stereocenters. The van der Waals surface area contributed by atoms with Crippen molar-refractivity contribution in [2.24, 2.45) is 0 Å². The number of likely N-dealkylation sites (N-methyl/N-ethyl adjacent to an activating group) is 1. The lowest BCUT2D eigenvalue weighted by molar-refractivity contribution is 0.360. The highest BCUT2D eigenvalue weighted by Gasteiger charge is 2.20. The second-order valence-corrected chi connectivity index (χ2v) is 4.80. The third-order valence-electron chi connectivity index (χ3n) is 2.87. The molecule has 90 valence electrons. The Morgan fingerprint density at radius 3 is 2.88 bits per heavy atom. The molecule has 6 heteroatoms. The number of nitrogens with two attached hydrogens (primary N) is 1. The zero-order valence-corrected chi connectivity index (χ0v) is 10.6. The quantitative estimate of drug-likeness (QED) is 0.834. The SMILES string of the molecule is COc1c(N)nsc1N1CCCN(C)CC1. The lowest BCUT2D eigenvalue weighted by Crippen LogP contribution is -2.28. The van der Waals surface area contributed by atoms with E-state index in [9.17, 15) is 0 Å². The zero-order chi connectivity index (χ0) is 11.5. The zero-order valence-electron chi connectivity index (χ0n) is 9.77. The maximum Gasteiger partial charge on any atom is 0.197 e. The molecule has 1 aliphatic heterocycles. The summed E-state index contributed by atoms with van der Waals surface area (Å²) in [7, 11) is 3.80. The molecule has 0 radical (unpaired) electrons. The van der Waals surface area contributed by atoms with Gasteiger partial charge in [-0.25, -0.2) is 0 Å². The Labute approximate surface area is 100.0 Å². The van der Waals surface area contributed by atoms with Gasteiger partial charge in [-0.1, -0.05) is 0 Å². The van der Waals surface area contributed by atoms with Crippen molar-refractivity contribution in [2.45, 2.75) is 6.42 Å². The topological polar surface area (TPSA) is 54.6 Å². The van der Waals surface area contributed by atoms with Crippen LogP contribution >= 0.6 is 11.5 Å². The van der Waals surface area contributed by atoms with Crippen LogP contribution < -0.4 is 15.4 Å². The van der Waals surface area contributed by atoms with E-state index in [4.69, 9.17) is 10.5 Å². The molecule has 0 aliphatic carbocycles. The summed E-state index contributed by atoms with van der Waals surface area (Å²) in [6.07, 6.45) is 1.16. The fourth-order valence-corrected chi connectivity index (χ4v) is 2.76. The molecule has 2 heterocycles. The number of nitrogens with zero attached hydrogens (tertiary/aromatic N) is 3. The molecule has 1 aromatic rings. The fourth-order valence-electron chi connectivity index (χ4n) is 1.93. The highest BCUT2D eigenvalue weighted by Crippen LogP contribution is 2.38. The van der Waals surface area contributed by atoms with Gasteiger partial charge in [0.25, 0.3) is 0 Å². The Balaban J connectivity index is 2.16. The Kier molecular flexibility index (Phi) is 3.50. The molecule has 5 nitrogen and oxygen atoms in total. The van der Waals surface area contributed by atoms with Crippen LogP contribution in [0.15, 0.2) is 0 Å². The summed E-state index contributed by atoms with van der Waals surface area (Å²) in [5.74, 6) is 1.23. The van der Waals surface area contributed by atoms with Crippen molar-refractivity contribution in [2.75, 3.05) is 51.0 Å². The molecule has 0 bridgehead atoms. The van der Waals surface area contributed by atoms with Gasteiger partial charge < -0.3 is 20.3 Å². The molecule has 0 amide bonds. The predicted molar refractivity (Wildman–Crippen MR) is 67.4 cm³/mol. The first kappa shape index (κ1) is 11.5. The third kappa shape index (κ3) is 2.22. The van der Waals surface area contributed by atoms with E-state index < -0.39 is 0 Å². The lowest BCUT2D eigenvalue weighted by Gasteiger charge is -2.21. The number of aromatic nitrogens is 1. The van der Waals surface area contributed by atoms with Gasteiger partial charge in [-0.15, -0.1) is 0 Å². The molecule has 1 aromatic heterocycles. The van der Waals surface area contributed by atoms with Crippen LogP contribution in [0.5, 0.6) is 5.75 Å². The van der Waals surface area contributed by atoms with E-state index in [2.05, 4.69) is 21.2 Å². The first-order chi connectivity index (χ1) is 7.72. The second-order valence-electron chi connectivity index (χ2n) is 4.05. The molecular weight excluding hydrogens is 224 g/mol. The van der Waals surface area contributed by atoms with Crippen molar-refractivity contribution >= 4 is 22.4 Å². The van der Waals surface area contributed by atoms with E-state index in [0.717, 1.165) is 43.4 Å². The summed E-state index contributed by atoms with van der Waals surface area (Å²) in [6.45, 7) is 4.27. The van der Waals surface area contributed by atoms with Crippen molar-refractivity contribution in [1.29, 1.82) is 0 Å². The van der Waals surface area contributed by atoms with Crippen molar-refractivity contribution < 1.29 is 4.74 Å². The van der Waals surface area contributed by atoms with Crippen molar-refractivity contribution in [3.05, 3.63) is 0 Å². The van der Waals surface area contributed by atoms with Gasteiger partial charge in [-0.3, -0.25) is 0 Å². The Morgan fingerprint density at radius 1 is 1.31 bits per heavy atom. The molecule has 1 saturated heterocycles. The van der Waals surface area contributed by atoms with Crippen molar-refractivity contribution in [1.82, 2.24) is 9.27 Å². The van der Waals surface area contributed by atoms with Crippen LogP contribution in [0.25, 0.3) is 0 Å². The van der Waals surface area contributed by atoms with Crippen LogP contribution in [0.2, 0.25) is 0 Å². The highest BCUT2D eigenvalue weighted by molar-refractivity contribution is 7.11. The molecule has 1 fully saturated rings. The number of rotatable bonds is 2.